The molecule has 0 aliphatic rings. The van der Waals surface area contributed by atoms with Gasteiger partial charge >= 0.3 is 5.97 Å². The number of carbonyl (C=O) groups excluding carboxylic acids is 2. The monoisotopic (exact) mass is 380 g/mol. The Morgan fingerprint density at radius 2 is 1.74 bits per heavy atom. The average Bonchev–Trinajstić information content (AvgIpc) is 3.25. The molecule has 0 spiro atoms. The summed E-state index contributed by atoms with van der Waals surface area (Å²) in [5.41, 5.74) is 1.78. The first-order valence-corrected chi connectivity index (χ1v) is 9.58. The number of nitrogens with zero attached hydrogens (tertiary/aromatic N) is 1. The molecule has 0 fully saturated rings. The van der Waals surface area contributed by atoms with Crippen molar-refractivity contribution in [2.45, 2.75) is 18.9 Å². The Balaban J connectivity index is 1.53. The van der Waals surface area contributed by atoms with Crippen molar-refractivity contribution in [2.75, 3.05) is 6.54 Å². The van der Waals surface area contributed by atoms with Crippen LogP contribution in [0.15, 0.2) is 72.4 Å². The second-order valence-corrected chi connectivity index (χ2v) is 6.85. The highest BCUT2D eigenvalue weighted by atomic mass is 32.1. The zero-order valence-electron chi connectivity index (χ0n) is 14.7. The third-order valence-electron chi connectivity index (χ3n) is 3.95. The smallest absolute Gasteiger partial charge is 0.306 e. The Hall–Kier alpha value is -2.99. The van der Waals surface area contributed by atoms with Crippen LogP contribution in [0.3, 0.4) is 0 Å². The summed E-state index contributed by atoms with van der Waals surface area (Å²) in [4.78, 5) is 28.9. The summed E-state index contributed by atoms with van der Waals surface area (Å²) >= 11 is 1.39. The average molecular weight is 380 g/mol. The molecule has 138 valence electrons. The predicted molar refractivity (Wildman–Crippen MR) is 105 cm³/mol. The van der Waals surface area contributed by atoms with Crippen molar-refractivity contribution >= 4 is 23.2 Å². The number of benzene rings is 1. The maximum absolute atomic E-state index is 12.3. The molecular formula is C21H20N2O3S. The van der Waals surface area contributed by atoms with Gasteiger partial charge in [-0.15, -0.1) is 11.3 Å². The van der Waals surface area contributed by atoms with Crippen molar-refractivity contribution in [1.82, 2.24) is 10.3 Å². The van der Waals surface area contributed by atoms with Gasteiger partial charge in [0.25, 0.3) is 5.91 Å². The number of thiophene rings is 1. The van der Waals surface area contributed by atoms with Crippen LogP contribution in [-0.2, 0) is 9.53 Å². The summed E-state index contributed by atoms with van der Waals surface area (Å²) in [7, 11) is 0. The van der Waals surface area contributed by atoms with E-state index in [2.05, 4.69) is 10.3 Å². The maximum atomic E-state index is 12.3. The number of pyridine rings is 1. The van der Waals surface area contributed by atoms with Crippen LogP contribution < -0.4 is 5.32 Å². The van der Waals surface area contributed by atoms with Crippen LogP contribution in [0.1, 0.15) is 39.7 Å². The van der Waals surface area contributed by atoms with Gasteiger partial charge in [0.15, 0.2) is 6.10 Å². The Kier molecular flexibility index (Phi) is 6.71. The molecular weight excluding hydrogens is 360 g/mol. The summed E-state index contributed by atoms with van der Waals surface area (Å²) in [5, 5.41) is 4.67. The fourth-order valence-corrected chi connectivity index (χ4v) is 3.25. The summed E-state index contributed by atoms with van der Waals surface area (Å²) in [5.74, 6) is -0.414. The number of carbonyl (C=O) groups is 2. The summed E-state index contributed by atoms with van der Waals surface area (Å²) < 4.78 is 5.72. The third-order valence-corrected chi connectivity index (χ3v) is 4.82. The molecule has 0 aliphatic carbocycles. The number of nitrogens with one attached hydrogen (secondary N) is 1. The van der Waals surface area contributed by atoms with Crippen LogP contribution in [0, 0.1) is 0 Å². The molecule has 1 aromatic carbocycles. The number of hydrogen-bond acceptors (Lipinski definition) is 5. The predicted octanol–water partition coefficient (Wildman–Crippen LogP) is 3.99. The van der Waals surface area contributed by atoms with Gasteiger partial charge in [-0.1, -0.05) is 36.4 Å². The quantitative estimate of drug-likeness (QED) is 0.474. The van der Waals surface area contributed by atoms with Gasteiger partial charge in [0.1, 0.15) is 0 Å². The minimum atomic E-state index is -0.470. The molecule has 0 saturated carbocycles. The van der Waals surface area contributed by atoms with Gasteiger partial charge in [0, 0.05) is 30.9 Å². The summed E-state index contributed by atoms with van der Waals surface area (Å²) in [6, 6.07) is 16.9. The Bertz CT molecular complexity index is 812. The number of esters is 1. The van der Waals surface area contributed by atoms with Crippen molar-refractivity contribution in [3.63, 3.8) is 0 Å². The molecule has 3 rings (SSSR count). The van der Waals surface area contributed by atoms with Crippen molar-refractivity contribution in [3.8, 4) is 0 Å². The van der Waals surface area contributed by atoms with E-state index in [4.69, 9.17) is 4.74 Å². The molecule has 2 aromatic heterocycles. The lowest BCUT2D eigenvalue weighted by Crippen LogP contribution is -2.24. The minimum Gasteiger partial charge on any atom is -0.453 e. The molecule has 6 heteroatoms. The van der Waals surface area contributed by atoms with Gasteiger partial charge in [-0.05, 0) is 35.6 Å². The van der Waals surface area contributed by atoms with Crippen LogP contribution in [-0.4, -0.2) is 23.4 Å². The number of aromatic nitrogens is 1. The van der Waals surface area contributed by atoms with Gasteiger partial charge in [0.2, 0.25) is 0 Å². The van der Waals surface area contributed by atoms with E-state index in [1.165, 1.54) is 11.3 Å². The van der Waals surface area contributed by atoms with E-state index in [0.717, 1.165) is 11.1 Å². The Morgan fingerprint density at radius 3 is 2.44 bits per heavy atom. The standard InChI is InChI=1S/C21H20N2O3S/c24-19(9-4-12-23-21(25)18-8-5-15-27-18)26-20(16-6-2-1-3-7-16)17-10-13-22-14-11-17/h1-3,5-8,10-11,13-15,20H,4,9,12H2,(H,23,25). The molecule has 1 N–H and O–H groups in total. The van der Waals surface area contributed by atoms with E-state index >= 15 is 0 Å². The SMILES string of the molecule is O=C(CCCNC(=O)c1cccs1)OC(c1ccccc1)c1ccncc1. The Labute approximate surface area is 162 Å². The van der Waals surface area contributed by atoms with Gasteiger partial charge in [0.05, 0.1) is 4.88 Å². The van der Waals surface area contributed by atoms with Crippen LogP contribution in [0.4, 0.5) is 0 Å². The highest BCUT2D eigenvalue weighted by molar-refractivity contribution is 7.12. The molecule has 1 atom stereocenters. The first-order valence-electron chi connectivity index (χ1n) is 8.70. The fraction of sp³-hybridized carbons (Fsp3) is 0.190. The molecule has 5 nitrogen and oxygen atoms in total. The molecule has 0 bridgehead atoms. The first-order chi connectivity index (χ1) is 13.2. The molecule has 1 amide bonds. The number of hydrogen-bond donors (Lipinski definition) is 1. The molecule has 2 heterocycles. The van der Waals surface area contributed by atoms with Crippen LogP contribution >= 0.6 is 11.3 Å². The van der Waals surface area contributed by atoms with E-state index in [1.54, 1.807) is 18.5 Å². The minimum absolute atomic E-state index is 0.114. The first kappa shape index (κ1) is 18.8. The van der Waals surface area contributed by atoms with Crippen LogP contribution in [0.2, 0.25) is 0 Å². The van der Waals surface area contributed by atoms with E-state index in [9.17, 15) is 9.59 Å². The highest BCUT2D eigenvalue weighted by Gasteiger charge is 2.18. The van der Waals surface area contributed by atoms with Gasteiger partial charge in [-0.25, -0.2) is 0 Å². The Morgan fingerprint density at radius 1 is 1.00 bits per heavy atom. The van der Waals surface area contributed by atoms with Crippen molar-refractivity contribution in [1.29, 1.82) is 0 Å². The maximum Gasteiger partial charge on any atom is 0.306 e. The zero-order chi connectivity index (χ0) is 18.9. The van der Waals surface area contributed by atoms with Crippen molar-refractivity contribution < 1.29 is 14.3 Å². The van der Waals surface area contributed by atoms with Crippen LogP contribution in [0.25, 0.3) is 0 Å². The fourth-order valence-electron chi connectivity index (χ4n) is 2.61. The van der Waals surface area contributed by atoms with E-state index in [0.29, 0.717) is 17.8 Å². The third kappa shape index (κ3) is 5.49. The lowest BCUT2D eigenvalue weighted by molar-refractivity contribution is -0.147. The topological polar surface area (TPSA) is 68.3 Å². The van der Waals surface area contributed by atoms with E-state index in [-0.39, 0.29) is 18.3 Å². The summed E-state index contributed by atoms with van der Waals surface area (Å²) in [6.45, 7) is 0.428. The van der Waals surface area contributed by atoms with E-state index < -0.39 is 6.10 Å². The molecule has 0 radical (unpaired) electrons. The second kappa shape index (κ2) is 9.64. The van der Waals surface area contributed by atoms with Crippen molar-refractivity contribution in [2.24, 2.45) is 0 Å². The van der Waals surface area contributed by atoms with Gasteiger partial charge in [-0.3, -0.25) is 14.6 Å². The molecule has 0 saturated heterocycles. The largest absolute Gasteiger partial charge is 0.453 e. The van der Waals surface area contributed by atoms with Gasteiger partial charge < -0.3 is 10.1 Å². The number of ether oxygens (including phenoxy) is 1. The lowest BCUT2D eigenvalue weighted by atomic mass is 10.0. The van der Waals surface area contributed by atoms with Crippen molar-refractivity contribution in [3.05, 3.63) is 88.4 Å². The number of rotatable bonds is 8. The zero-order valence-corrected chi connectivity index (χ0v) is 15.5. The molecule has 27 heavy (non-hydrogen) atoms. The van der Waals surface area contributed by atoms with Gasteiger partial charge in [-0.2, -0.15) is 0 Å². The molecule has 0 aliphatic heterocycles. The molecule has 1 unspecified atom stereocenters. The summed E-state index contributed by atoms with van der Waals surface area (Å²) in [6.07, 6.45) is 3.65. The van der Waals surface area contributed by atoms with E-state index in [1.807, 2.05) is 53.9 Å². The lowest BCUT2D eigenvalue weighted by Gasteiger charge is -2.18. The second-order valence-electron chi connectivity index (χ2n) is 5.90. The molecule has 3 aromatic rings. The number of amides is 1. The normalized spacial score (nSPS) is 11.6. The highest BCUT2D eigenvalue weighted by Crippen LogP contribution is 2.26. The van der Waals surface area contributed by atoms with Crippen LogP contribution in [0.5, 0.6) is 0 Å².